The lowest BCUT2D eigenvalue weighted by Gasteiger charge is -2.13. The SMILES string of the molecule is CCNC(=O)c1ccc(NC(=O)CNc2cccc(OCC3CCCO3)c2)cc1. The lowest BCUT2D eigenvalue weighted by atomic mass is 10.2. The lowest BCUT2D eigenvalue weighted by Crippen LogP contribution is -2.23. The number of rotatable bonds is 9. The Labute approximate surface area is 170 Å². The third-order valence-corrected chi connectivity index (χ3v) is 4.52. The number of hydrogen-bond acceptors (Lipinski definition) is 5. The zero-order valence-corrected chi connectivity index (χ0v) is 16.6. The molecule has 0 aliphatic carbocycles. The van der Waals surface area contributed by atoms with Gasteiger partial charge in [0.1, 0.15) is 12.4 Å². The van der Waals surface area contributed by atoms with E-state index in [0.717, 1.165) is 30.9 Å². The second kappa shape index (κ2) is 10.5. The molecule has 3 N–H and O–H groups in total. The number of carbonyl (C=O) groups is 2. The van der Waals surface area contributed by atoms with Crippen molar-refractivity contribution in [2.75, 3.05) is 36.9 Å². The summed E-state index contributed by atoms with van der Waals surface area (Å²) in [6, 6.07) is 14.3. The zero-order valence-electron chi connectivity index (χ0n) is 16.6. The van der Waals surface area contributed by atoms with Gasteiger partial charge >= 0.3 is 0 Å². The first-order valence-electron chi connectivity index (χ1n) is 9.90. The van der Waals surface area contributed by atoms with Crippen LogP contribution < -0.4 is 20.7 Å². The van der Waals surface area contributed by atoms with Gasteiger partial charge in [0.2, 0.25) is 5.91 Å². The van der Waals surface area contributed by atoms with Crippen LogP contribution in [0.2, 0.25) is 0 Å². The highest BCUT2D eigenvalue weighted by atomic mass is 16.5. The molecule has 1 heterocycles. The van der Waals surface area contributed by atoms with Crippen LogP contribution in [0.25, 0.3) is 0 Å². The number of ether oxygens (including phenoxy) is 2. The van der Waals surface area contributed by atoms with Crippen LogP contribution in [0.1, 0.15) is 30.1 Å². The van der Waals surface area contributed by atoms with Gasteiger partial charge in [-0.25, -0.2) is 0 Å². The second-order valence-corrected chi connectivity index (χ2v) is 6.81. The molecule has 0 spiro atoms. The van der Waals surface area contributed by atoms with Gasteiger partial charge < -0.3 is 25.4 Å². The maximum Gasteiger partial charge on any atom is 0.251 e. The molecule has 154 valence electrons. The minimum absolute atomic E-state index is 0.118. The number of anilines is 2. The summed E-state index contributed by atoms with van der Waals surface area (Å²) in [5, 5.41) is 8.63. The van der Waals surface area contributed by atoms with Crippen LogP contribution in [0, 0.1) is 0 Å². The summed E-state index contributed by atoms with van der Waals surface area (Å²) in [7, 11) is 0. The fourth-order valence-corrected chi connectivity index (χ4v) is 3.02. The van der Waals surface area contributed by atoms with Crippen LogP contribution >= 0.6 is 0 Å². The monoisotopic (exact) mass is 397 g/mol. The molecule has 0 radical (unpaired) electrons. The number of amides is 2. The second-order valence-electron chi connectivity index (χ2n) is 6.81. The van der Waals surface area contributed by atoms with E-state index >= 15 is 0 Å². The third-order valence-electron chi connectivity index (χ3n) is 4.52. The lowest BCUT2D eigenvalue weighted by molar-refractivity contribution is -0.114. The van der Waals surface area contributed by atoms with Gasteiger partial charge in [0.05, 0.1) is 12.6 Å². The molecule has 1 fully saturated rings. The number of nitrogens with one attached hydrogen (secondary N) is 3. The fraction of sp³-hybridized carbons (Fsp3) is 0.364. The van der Waals surface area contributed by atoms with Crippen LogP contribution in [0.4, 0.5) is 11.4 Å². The van der Waals surface area contributed by atoms with E-state index in [9.17, 15) is 9.59 Å². The molecule has 2 aromatic carbocycles. The smallest absolute Gasteiger partial charge is 0.251 e. The summed E-state index contributed by atoms with van der Waals surface area (Å²) < 4.78 is 11.3. The van der Waals surface area contributed by atoms with Crippen LogP contribution in [0.15, 0.2) is 48.5 Å². The first-order chi connectivity index (χ1) is 14.1. The standard InChI is InChI=1S/C22H27N3O4/c1-2-23-22(27)16-8-10-17(11-9-16)25-21(26)14-24-18-5-3-6-19(13-18)29-15-20-7-4-12-28-20/h3,5-6,8-11,13,20,24H,2,4,7,12,14-15H2,1H3,(H,23,27)(H,25,26). The Hall–Kier alpha value is -3.06. The predicted molar refractivity (Wildman–Crippen MR) is 112 cm³/mol. The molecule has 1 atom stereocenters. The molecule has 0 saturated carbocycles. The fourth-order valence-electron chi connectivity index (χ4n) is 3.02. The molecule has 7 heteroatoms. The Bertz CT molecular complexity index is 817. The summed E-state index contributed by atoms with van der Waals surface area (Å²) in [6.45, 7) is 3.90. The molecule has 2 amide bonds. The van der Waals surface area contributed by atoms with Crippen LogP contribution in [0.3, 0.4) is 0 Å². The average Bonchev–Trinajstić information content (AvgIpc) is 3.25. The molecule has 0 aromatic heterocycles. The summed E-state index contributed by atoms with van der Waals surface area (Å²) in [5.41, 5.74) is 2.00. The quantitative estimate of drug-likeness (QED) is 0.605. The van der Waals surface area contributed by atoms with E-state index < -0.39 is 0 Å². The molecular formula is C22H27N3O4. The molecule has 3 rings (SSSR count). The Morgan fingerprint density at radius 3 is 2.69 bits per heavy atom. The van der Waals surface area contributed by atoms with Crippen LogP contribution in [0.5, 0.6) is 5.75 Å². The van der Waals surface area contributed by atoms with Crippen molar-refractivity contribution < 1.29 is 19.1 Å². The van der Waals surface area contributed by atoms with Crippen molar-refractivity contribution in [3.63, 3.8) is 0 Å². The van der Waals surface area contributed by atoms with Crippen molar-refractivity contribution in [3.05, 3.63) is 54.1 Å². The number of benzene rings is 2. The molecule has 7 nitrogen and oxygen atoms in total. The zero-order chi connectivity index (χ0) is 20.5. The van der Waals surface area contributed by atoms with Gasteiger partial charge in [-0.1, -0.05) is 6.07 Å². The van der Waals surface area contributed by atoms with Crippen LogP contribution in [-0.4, -0.2) is 44.2 Å². The molecule has 0 bridgehead atoms. The molecule has 1 saturated heterocycles. The van der Waals surface area contributed by atoms with E-state index in [2.05, 4.69) is 16.0 Å². The Morgan fingerprint density at radius 1 is 1.14 bits per heavy atom. The van der Waals surface area contributed by atoms with Gasteiger partial charge in [-0.3, -0.25) is 9.59 Å². The normalized spacial score (nSPS) is 15.6. The van der Waals surface area contributed by atoms with Gasteiger partial charge in [0.25, 0.3) is 5.91 Å². The molecule has 1 unspecified atom stereocenters. The first-order valence-corrected chi connectivity index (χ1v) is 9.90. The molecule has 1 aliphatic heterocycles. The summed E-state index contributed by atoms with van der Waals surface area (Å²) in [5.74, 6) is 0.432. The maximum absolute atomic E-state index is 12.2. The van der Waals surface area contributed by atoms with Gasteiger partial charge in [-0.2, -0.15) is 0 Å². The van der Waals surface area contributed by atoms with Crippen molar-refractivity contribution in [2.45, 2.75) is 25.9 Å². The number of hydrogen-bond donors (Lipinski definition) is 3. The Kier molecular flexibility index (Phi) is 7.47. The first kappa shape index (κ1) is 20.7. The van der Waals surface area contributed by atoms with E-state index in [0.29, 0.717) is 24.4 Å². The molecule has 1 aliphatic rings. The van der Waals surface area contributed by atoms with Gasteiger partial charge in [0.15, 0.2) is 0 Å². The highest BCUT2D eigenvalue weighted by molar-refractivity contribution is 5.96. The molecule has 2 aromatic rings. The van der Waals surface area contributed by atoms with Crippen molar-refractivity contribution in [3.8, 4) is 5.75 Å². The Morgan fingerprint density at radius 2 is 1.97 bits per heavy atom. The van der Waals surface area contributed by atoms with Crippen molar-refractivity contribution in [2.24, 2.45) is 0 Å². The minimum atomic E-state index is -0.179. The Balaban J connectivity index is 1.45. The average molecular weight is 397 g/mol. The highest BCUT2D eigenvalue weighted by Gasteiger charge is 2.16. The van der Waals surface area contributed by atoms with Gasteiger partial charge in [-0.15, -0.1) is 0 Å². The van der Waals surface area contributed by atoms with Crippen molar-refractivity contribution >= 4 is 23.2 Å². The van der Waals surface area contributed by atoms with E-state index in [4.69, 9.17) is 9.47 Å². The maximum atomic E-state index is 12.2. The van der Waals surface area contributed by atoms with E-state index in [1.165, 1.54) is 0 Å². The predicted octanol–water partition coefficient (Wildman–Crippen LogP) is 3.04. The molecular weight excluding hydrogens is 370 g/mol. The summed E-state index contributed by atoms with van der Waals surface area (Å²) in [4.78, 5) is 24.0. The van der Waals surface area contributed by atoms with Crippen LogP contribution in [-0.2, 0) is 9.53 Å². The number of carbonyl (C=O) groups excluding carboxylic acids is 2. The summed E-state index contributed by atoms with van der Waals surface area (Å²) in [6.07, 6.45) is 2.28. The van der Waals surface area contributed by atoms with Gasteiger partial charge in [0, 0.05) is 36.2 Å². The third kappa shape index (κ3) is 6.50. The summed E-state index contributed by atoms with van der Waals surface area (Å²) >= 11 is 0. The van der Waals surface area contributed by atoms with E-state index in [1.807, 2.05) is 31.2 Å². The molecule has 29 heavy (non-hydrogen) atoms. The largest absolute Gasteiger partial charge is 0.491 e. The van der Waals surface area contributed by atoms with E-state index in [1.54, 1.807) is 24.3 Å². The van der Waals surface area contributed by atoms with Crippen molar-refractivity contribution in [1.29, 1.82) is 0 Å². The minimum Gasteiger partial charge on any atom is -0.491 e. The van der Waals surface area contributed by atoms with Gasteiger partial charge in [-0.05, 0) is 56.2 Å². The topological polar surface area (TPSA) is 88.7 Å². The van der Waals surface area contributed by atoms with Crippen molar-refractivity contribution in [1.82, 2.24) is 5.32 Å². The van der Waals surface area contributed by atoms with E-state index in [-0.39, 0.29) is 24.5 Å². The highest BCUT2D eigenvalue weighted by Crippen LogP contribution is 2.19.